The number of hydrogen-bond donors (Lipinski definition) is 2. The highest BCUT2D eigenvalue weighted by Crippen LogP contribution is 2.59. The molecule has 0 radical (unpaired) electrons. The monoisotopic (exact) mass is 326 g/mol. The Bertz CT molecular complexity index is 460. The van der Waals surface area contributed by atoms with E-state index >= 15 is 0 Å². The topological polar surface area (TPSA) is 55.9 Å². The molecule has 3 rings (SSSR count). The molecule has 2 aliphatic rings. The van der Waals surface area contributed by atoms with Crippen molar-refractivity contribution in [2.24, 2.45) is 30.6 Å². The van der Waals surface area contributed by atoms with Crippen molar-refractivity contribution in [2.75, 3.05) is 0 Å². The van der Waals surface area contributed by atoms with Gasteiger partial charge in [0.2, 0.25) is 0 Å². The number of nitrogens with two attached hydrogens (primary N) is 1. The van der Waals surface area contributed by atoms with Gasteiger partial charge in [0.25, 0.3) is 0 Å². The number of nitrogens with zero attached hydrogens (tertiary/aromatic N) is 2. The third kappa shape index (κ3) is 2.26. The summed E-state index contributed by atoms with van der Waals surface area (Å²) in [7, 11) is 2.03. The molecule has 0 spiro atoms. The van der Waals surface area contributed by atoms with E-state index in [2.05, 4.69) is 33.4 Å². The molecule has 106 valence electrons. The van der Waals surface area contributed by atoms with E-state index in [1.54, 1.807) is 0 Å². The summed E-state index contributed by atoms with van der Waals surface area (Å²) in [6.45, 7) is 2.14. The normalized spacial score (nSPS) is 30.4. The number of halogens is 1. The van der Waals surface area contributed by atoms with Crippen LogP contribution in [0.15, 0.2) is 4.47 Å². The van der Waals surface area contributed by atoms with Gasteiger partial charge in [0.05, 0.1) is 15.9 Å². The van der Waals surface area contributed by atoms with Gasteiger partial charge in [0.1, 0.15) is 0 Å². The first kappa shape index (κ1) is 13.6. The third-order valence-electron chi connectivity index (χ3n) is 5.07. The molecular formula is C14H23BrN4. The maximum absolute atomic E-state index is 5.81. The van der Waals surface area contributed by atoms with Crippen LogP contribution in [0.2, 0.25) is 0 Å². The number of nitrogens with one attached hydrogen (secondary N) is 1. The van der Waals surface area contributed by atoms with Gasteiger partial charge in [-0.05, 0) is 52.9 Å². The van der Waals surface area contributed by atoms with Gasteiger partial charge in [-0.3, -0.25) is 16.0 Å². The summed E-state index contributed by atoms with van der Waals surface area (Å²) >= 11 is 3.70. The predicted octanol–water partition coefficient (Wildman–Crippen LogP) is 2.17. The third-order valence-corrected chi connectivity index (χ3v) is 5.98. The lowest BCUT2D eigenvalue weighted by atomic mass is 10.00. The molecule has 2 saturated carbocycles. The molecule has 0 amide bonds. The second-order valence-corrected chi connectivity index (χ2v) is 6.79. The minimum atomic E-state index is 0.395. The largest absolute Gasteiger partial charge is 0.271 e. The van der Waals surface area contributed by atoms with Crippen LogP contribution in [-0.2, 0) is 19.9 Å². The van der Waals surface area contributed by atoms with Gasteiger partial charge in [-0.25, -0.2) is 0 Å². The lowest BCUT2D eigenvalue weighted by Gasteiger charge is -2.18. The summed E-state index contributed by atoms with van der Waals surface area (Å²) in [5, 5.41) is 4.57. The van der Waals surface area contributed by atoms with Gasteiger partial charge in [-0.2, -0.15) is 5.10 Å². The molecule has 3 N–H and O–H groups in total. The fraction of sp³-hybridized carbons (Fsp3) is 0.786. The second kappa shape index (κ2) is 5.19. The average molecular weight is 327 g/mol. The van der Waals surface area contributed by atoms with E-state index in [9.17, 15) is 0 Å². The van der Waals surface area contributed by atoms with E-state index in [4.69, 9.17) is 5.84 Å². The standard InChI is InChI=1S/C14H23BrN4/c1-3-10-14(15)12(19(2)18-10)7-11(17-16)13-8-5-4-6-9(8)13/h8-9,11,13,17H,3-7,16H2,1-2H3. The maximum atomic E-state index is 5.81. The average Bonchev–Trinajstić information content (AvgIpc) is 2.78. The van der Waals surface area contributed by atoms with Gasteiger partial charge < -0.3 is 0 Å². The highest BCUT2D eigenvalue weighted by atomic mass is 79.9. The molecule has 0 saturated heterocycles. The summed E-state index contributed by atoms with van der Waals surface area (Å²) in [5.41, 5.74) is 5.47. The molecule has 19 heavy (non-hydrogen) atoms. The van der Waals surface area contributed by atoms with Crippen LogP contribution in [-0.4, -0.2) is 15.8 Å². The van der Waals surface area contributed by atoms with E-state index in [0.717, 1.165) is 36.3 Å². The zero-order valence-corrected chi connectivity index (χ0v) is 13.3. The Balaban J connectivity index is 1.74. The van der Waals surface area contributed by atoms with Crippen LogP contribution in [0, 0.1) is 17.8 Å². The molecule has 1 aromatic rings. The highest BCUT2D eigenvalue weighted by molar-refractivity contribution is 9.10. The van der Waals surface area contributed by atoms with Crippen molar-refractivity contribution >= 4 is 15.9 Å². The first-order valence-electron chi connectivity index (χ1n) is 7.33. The van der Waals surface area contributed by atoms with Crippen LogP contribution in [0.25, 0.3) is 0 Å². The lowest BCUT2D eigenvalue weighted by Crippen LogP contribution is -2.40. The first-order chi connectivity index (χ1) is 9.17. The molecule has 1 heterocycles. The Morgan fingerprint density at radius 1 is 1.47 bits per heavy atom. The number of aryl methyl sites for hydroxylation is 2. The zero-order chi connectivity index (χ0) is 13.6. The summed E-state index contributed by atoms with van der Waals surface area (Å²) in [5.74, 6) is 8.45. The summed E-state index contributed by atoms with van der Waals surface area (Å²) in [6, 6.07) is 0.395. The van der Waals surface area contributed by atoms with Crippen molar-refractivity contribution in [3.8, 4) is 0 Å². The lowest BCUT2D eigenvalue weighted by molar-refractivity contribution is 0.402. The molecule has 5 heteroatoms. The van der Waals surface area contributed by atoms with Gasteiger partial charge >= 0.3 is 0 Å². The van der Waals surface area contributed by atoms with Gasteiger partial charge in [-0.15, -0.1) is 0 Å². The number of rotatable bonds is 5. The first-order valence-corrected chi connectivity index (χ1v) is 8.13. The Hall–Kier alpha value is -0.390. The molecule has 0 aromatic carbocycles. The van der Waals surface area contributed by atoms with Crippen molar-refractivity contribution in [1.82, 2.24) is 15.2 Å². The number of hydrogen-bond acceptors (Lipinski definition) is 3. The Labute approximate surface area is 123 Å². The van der Waals surface area contributed by atoms with Gasteiger partial charge in [0, 0.05) is 19.5 Å². The van der Waals surface area contributed by atoms with Gasteiger partial charge in [-0.1, -0.05) is 13.3 Å². The fourth-order valence-corrected chi connectivity index (χ4v) is 4.81. The maximum Gasteiger partial charge on any atom is 0.0766 e. The summed E-state index contributed by atoms with van der Waals surface area (Å²) in [4.78, 5) is 0. The van der Waals surface area contributed by atoms with Crippen LogP contribution in [0.4, 0.5) is 0 Å². The molecule has 0 aliphatic heterocycles. The van der Waals surface area contributed by atoms with Crippen molar-refractivity contribution in [3.05, 3.63) is 15.9 Å². The second-order valence-electron chi connectivity index (χ2n) is 6.00. The molecule has 2 fully saturated rings. The van der Waals surface area contributed by atoms with Crippen molar-refractivity contribution in [1.29, 1.82) is 0 Å². The van der Waals surface area contributed by atoms with E-state index in [-0.39, 0.29) is 0 Å². The smallest absolute Gasteiger partial charge is 0.0766 e. The van der Waals surface area contributed by atoms with Gasteiger partial charge in [0.15, 0.2) is 0 Å². The quantitative estimate of drug-likeness (QED) is 0.644. The molecule has 0 bridgehead atoms. The van der Waals surface area contributed by atoms with E-state index < -0.39 is 0 Å². The van der Waals surface area contributed by atoms with Crippen LogP contribution in [0.3, 0.4) is 0 Å². The molecule has 4 nitrogen and oxygen atoms in total. The minimum Gasteiger partial charge on any atom is -0.271 e. The Morgan fingerprint density at radius 3 is 2.68 bits per heavy atom. The number of aromatic nitrogens is 2. The van der Waals surface area contributed by atoms with Crippen LogP contribution in [0.1, 0.15) is 37.6 Å². The molecular weight excluding hydrogens is 304 g/mol. The number of fused-ring (bicyclic) bond motifs is 1. The van der Waals surface area contributed by atoms with Crippen molar-refractivity contribution in [2.45, 2.75) is 45.1 Å². The minimum absolute atomic E-state index is 0.395. The van der Waals surface area contributed by atoms with Crippen molar-refractivity contribution in [3.63, 3.8) is 0 Å². The highest BCUT2D eigenvalue weighted by Gasteiger charge is 2.55. The molecule has 3 atom stereocenters. The summed E-state index contributed by atoms with van der Waals surface area (Å²) < 4.78 is 3.18. The molecule has 3 unspecified atom stereocenters. The Morgan fingerprint density at radius 2 is 2.16 bits per heavy atom. The Kier molecular flexibility index (Phi) is 3.71. The molecule has 2 aliphatic carbocycles. The van der Waals surface area contributed by atoms with Crippen molar-refractivity contribution < 1.29 is 0 Å². The number of hydrazine groups is 1. The van der Waals surface area contributed by atoms with Crippen LogP contribution >= 0.6 is 15.9 Å². The van der Waals surface area contributed by atoms with E-state index in [1.807, 2.05) is 11.7 Å². The summed E-state index contributed by atoms with van der Waals surface area (Å²) in [6.07, 6.45) is 6.15. The van der Waals surface area contributed by atoms with Crippen LogP contribution in [0.5, 0.6) is 0 Å². The predicted molar refractivity (Wildman–Crippen MR) is 79.4 cm³/mol. The SMILES string of the molecule is CCc1nn(C)c(CC(NN)C2C3CCCC32)c1Br. The zero-order valence-electron chi connectivity index (χ0n) is 11.7. The molecule has 1 aromatic heterocycles. The van der Waals surface area contributed by atoms with Crippen LogP contribution < -0.4 is 11.3 Å². The van der Waals surface area contributed by atoms with E-state index in [0.29, 0.717) is 6.04 Å². The van der Waals surface area contributed by atoms with E-state index in [1.165, 1.54) is 29.4 Å². The fourth-order valence-electron chi connectivity index (χ4n) is 4.03.